The summed E-state index contributed by atoms with van der Waals surface area (Å²) in [4.78, 5) is 16.3. The Kier molecular flexibility index (Phi) is 4.47. The van der Waals surface area contributed by atoms with Gasteiger partial charge in [-0.3, -0.25) is 9.78 Å². The van der Waals surface area contributed by atoms with Crippen molar-refractivity contribution in [2.75, 3.05) is 0 Å². The van der Waals surface area contributed by atoms with Gasteiger partial charge >= 0.3 is 0 Å². The van der Waals surface area contributed by atoms with E-state index in [9.17, 15) is 4.79 Å². The maximum atomic E-state index is 11.9. The molecule has 1 aromatic carbocycles. The highest BCUT2D eigenvalue weighted by Crippen LogP contribution is 2.48. The van der Waals surface area contributed by atoms with E-state index >= 15 is 0 Å². The monoisotopic (exact) mass is 352 g/mol. The fourth-order valence-corrected chi connectivity index (χ4v) is 5.04. The Balaban J connectivity index is 1.68. The number of nitrogens with zero attached hydrogens (tertiary/aromatic N) is 1. The first-order chi connectivity index (χ1) is 12.4. The molecular weight excluding hydrogens is 324 g/mol. The lowest BCUT2D eigenvalue weighted by atomic mass is 9.66. The molecule has 1 N–H and O–H groups in total. The van der Waals surface area contributed by atoms with Gasteiger partial charge in [0.05, 0.1) is 17.7 Å². The van der Waals surface area contributed by atoms with Crippen LogP contribution in [0.2, 0.25) is 0 Å². The molecule has 1 saturated heterocycles. The minimum absolute atomic E-state index is 0.00278. The molecule has 0 spiro atoms. The van der Waals surface area contributed by atoms with Crippen LogP contribution in [0.3, 0.4) is 0 Å². The maximum Gasteiger partial charge on any atom is 0.217 e. The van der Waals surface area contributed by atoms with Crippen LogP contribution in [0.15, 0.2) is 36.5 Å². The van der Waals surface area contributed by atoms with Gasteiger partial charge in [-0.05, 0) is 49.4 Å². The third kappa shape index (κ3) is 3.23. The zero-order chi connectivity index (χ0) is 18.3. The zero-order valence-corrected chi connectivity index (χ0v) is 15.9. The Hall–Kier alpha value is -1.94. The molecular formula is C22H28N2O2. The molecule has 4 heteroatoms. The van der Waals surface area contributed by atoms with E-state index in [1.165, 1.54) is 12.0 Å². The molecule has 2 aliphatic rings. The summed E-state index contributed by atoms with van der Waals surface area (Å²) in [6, 6.07) is 10.4. The average molecular weight is 352 g/mol. The van der Waals surface area contributed by atoms with E-state index in [1.54, 1.807) is 6.92 Å². The van der Waals surface area contributed by atoms with E-state index in [0.717, 1.165) is 30.2 Å². The third-order valence-electron chi connectivity index (χ3n) is 6.28. The Labute approximate surface area is 155 Å². The maximum absolute atomic E-state index is 11.9. The normalized spacial score (nSPS) is 34.3. The van der Waals surface area contributed by atoms with Crippen LogP contribution in [-0.2, 0) is 9.53 Å². The predicted octanol–water partition coefficient (Wildman–Crippen LogP) is 4.40. The number of hydrogen-bond donors (Lipinski definition) is 1. The zero-order valence-electron chi connectivity index (χ0n) is 15.9. The standard InChI is InChI=1S/C22H28N2O2/c1-14-6-8-18-20(11-14)26-21(13-22(18,3)24-15(2)25)17-7-9-19-16(12-17)5-4-10-23-19/h4-5,7,9-10,12,14,18,20-21H,6,8,11,13H2,1-3H3,(H,24,25)/t14-,18-,20-,21-,22-/m1/s1. The van der Waals surface area contributed by atoms with Crippen molar-refractivity contribution < 1.29 is 9.53 Å². The number of carbonyl (C=O) groups excluding carboxylic acids is 1. The minimum atomic E-state index is -0.219. The lowest BCUT2D eigenvalue weighted by Gasteiger charge is -2.52. The topological polar surface area (TPSA) is 51.2 Å². The van der Waals surface area contributed by atoms with Crippen molar-refractivity contribution in [3.8, 4) is 0 Å². The minimum Gasteiger partial charge on any atom is -0.370 e. The van der Waals surface area contributed by atoms with E-state index in [2.05, 4.69) is 48.4 Å². The van der Waals surface area contributed by atoms with Crippen LogP contribution in [0.1, 0.15) is 58.1 Å². The summed E-state index contributed by atoms with van der Waals surface area (Å²) in [5, 5.41) is 4.41. The van der Waals surface area contributed by atoms with Gasteiger partial charge in [-0.1, -0.05) is 25.5 Å². The van der Waals surface area contributed by atoms with Gasteiger partial charge in [-0.15, -0.1) is 0 Å². The van der Waals surface area contributed by atoms with Gasteiger partial charge in [0.15, 0.2) is 0 Å². The van der Waals surface area contributed by atoms with Crippen LogP contribution in [0, 0.1) is 11.8 Å². The van der Waals surface area contributed by atoms with Crippen LogP contribution in [0.25, 0.3) is 10.9 Å². The third-order valence-corrected chi connectivity index (χ3v) is 6.28. The number of benzene rings is 1. The number of hydrogen-bond acceptors (Lipinski definition) is 3. The molecule has 1 aliphatic heterocycles. The van der Waals surface area contributed by atoms with E-state index in [1.807, 2.05) is 12.3 Å². The lowest BCUT2D eigenvalue weighted by Crippen LogP contribution is -2.60. The number of rotatable bonds is 2. The van der Waals surface area contributed by atoms with Crippen LogP contribution in [0.4, 0.5) is 0 Å². The van der Waals surface area contributed by atoms with Gasteiger partial charge in [0, 0.05) is 36.4 Å². The fraction of sp³-hybridized carbons (Fsp3) is 0.545. The highest BCUT2D eigenvalue weighted by atomic mass is 16.5. The molecule has 4 rings (SSSR count). The van der Waals surface area contributed by atoms with Crippen LogP contribution in [0.5, 0.6) is 0 Å². The van der Waals surface area contributed by atoms with E-state index < -0.39 is 0 Å². The second-order valence-corrected chi connectivity index (χ2v) is 8.45. The average Bonchev–Trinajstić information content (AvgIpc) is 2.60. The smallest absolute Gasteiger partial charge is 0.217 e. The van der Waals surface area contributed by atoms with Gasteiger partial charge in [-0.25, -0.2) is 0 Å². The molecule has 2 heterocycles. The summed E-state index contributed by atoms with van der Waals surface area (Å²) >= 11 is 0. The van der Waals surface area contributed by atoms with Crippen molar-refractivity contribution in [1.82, 2.24) is 10.3 Å². The van der Waals surface area contributed by atoms with Crippen molar-refractivity contribution in [1.29, 1.82) is 0 Å². The molecule has 138 valence electrons. The summed E-state index contributed by atoms with van der Waals surface area (Å²) < 4.78 is 6.60. The molecule has 0 radical (unpaired) electrons. The summed E-state index contributed by atoms with van der Waals surface area (Å²) in [5.74, 6) is 1.12. The SMILES string of the molecule is CC(=O)N[C@]1(C)C[C@H](c2ccc3ncccc3c2)O[C@@H]2C[C@H](C)CC[C@H]21. The summed E-state index contributed by atoms with van der Waals surface area (Å²) in [5.41, 5.74) is 1.96. The Morgan fingerprint density at radius 1 is 1.31 bits per heavy atom. The molecule has 0 unspecified atom stereocenters. The van der Waals surface area contributed by atoms with Gasteiger partial charge in [0.1, 0.15) is 0 Å². The quantitative estimate of drug-likeness (QED) is 0.872. The van der Waals surface area contributed by atoms with Gasteiger partial charge in [-0.2, -0.15) is 0 Å². The van der Waals surface area contributed by atoms with Crippen molar-refractivity contribution >= 4 is 16.8 Å². The van der Waals surface area contributed by atoms with Gasteiger partial charge in [0.25, 0.3) is 0 Å². The summed E-state index contributed by atoms with van der Waals surface area (Å²) in [7, 11) is 0. The molecule has 2 fully saturated rings. The highest BCUT2D eigenvalue weighted by molar-refractivity contribution is 5.79. The summed E-state index contributed by atoms with van der Waals surface area (Å²) in [6.07, 6.45) is 6.26. The second kappa shape index (κ2) is 6.66. The first kappa shape index (κ1) is 17.5. The number of pyridine rings is 1. The number of ether oxygens (including phenoxy) is 1. The number of amides is 1. The predicted molar refractivity (Wildman–Crippen MR) is 103 cm³/mol. The molecule has 1 amide bonds. The first-order valence-corrected chi connectivity index (χ1v) is 9.73. The molecule has 26 heavy (non-hydrogen) atoms. The number of nitrogens with one attached hydrogen (secondary N) is 1. The van der Waals surface area contributed by atoms with Crippen LogP contribution < -0.4 is 5.32 Å². The molecule has 1 aliphatic carbocycles. The van der Waals surface area contributed by atoms with Crippen molar-refractivity contribution in [2.45, 2.75) is 64.2 Å². The van der Waals surface area contributed by atoms with Gasteiger partial charge < -0.3 is 10.1 Å². The Bertz CT molecular complexity index is 821. The van der Waals surface area contributed by atoms with E-state index in [4.69, 9.17) is 4.74 Å². The Morgan fingerprint density at radius 2 is 2.15 bits per heavy atom. The molecule has 0 bridgehead atoms. The molecule has 1 aromatic heterocycles. The molecule has 2 aromatic rings. The highest BCUT2D eigenvalue weighted by Gasteiger charge is 2.49. The second-order valence-electron chi connectivity index (χ2n) is 8.45. The fourth-order valence-electron chi connectivity index (χ4n) is 5.04. The van der Waals surface area contributed by atoms with E-state index in [-0.39, 0.29) is 23.7 Å². The van der Waals surface area contributed by atoms with Crippen LogP contribution >= 0.6 is 0 Å². The van der Waals surface area contributed by atoms with E-state index in [0.29, 0.717) is 11.8 Å². The first-order valence-electron chi connectivity index (χ1n) is 9.73. The van der Waals surface area contributed by atoms with Crippen LogP contribution in [-0.4, -0.2) is 22.5 Å². The molecule has 4 nitrogen and oxygen atoms in total. The van der Waals surface area contributed by atoms with Crippen molar-refractivity contribution in [3.63, 3.8) is 0 Å². The Morgan fingerprint density at radius 3 is 2.96 bits per heavy atom. The number of aromatic nitrogens is 1. The van der Waals surface area contributed by atoms with Crippen molar-refractivity contribution in [3.05, 3.63) is 42.1 Å². The molecule has 1 saturated carbocycles. The lowest BCUT2D eigenvalue weighted by molar-refractivity contribution is -0.153. The van der Waals surface area contributed by atoms with Crippen molar-refractivity contribution in [2.24, 2.45) is 11.8 Å². The number of carbonyl (C=O) groups is 1. The largest absolute Gasteiger partial charge is 0.370 e. The summed E-state index contributed by atoms with van der Waals surface area (Å²) in [6.45, 7) is 6.14. The number of fused-ring (bicyclic) bond motifs is 2. The van der Waals surface area contributed by atoms with Gasteiger partial charge in [0.2, 0.25) is 5.91 Å². The molecule has 5 atom stereocenters.